The molecule has 1 aliphatic heterocycles. The predicted octanol–water partition coefficient (Wildman–Crippen LogP) is 1.12. The van der Waals surface area contributed by atoms with E-state index >= 15 is 0 Å². The number of hydrogen-bond acceptors (Lipinski definition) is 4. The van der Waals surface area contributed by atoms with Gasteiger partial charge in [0.05, 0.1) is 5.92 Å². The number of nitrogens with two attached hydrogens (primary N) is 1. The highest BCUT2D eigenvalue weighted by Crippen LogP contribution is 2.28. The molecule has 140 valence electrons. The van der Waals surface area contributed by atoms with Crippen molar-refractivity contribution in [1.82, 2.24) is 15.2 Å². The molecule has 7 nitrogen and oxygen atoms in total. The highest BCUT2D eigenvalue weighted by Gasteiger charge is 2.42. The SMILES string of the molecule is NC(=O)C1(NC(=O)[C@H]2CC(=O)N(Cc3cccnc3)C2)CCCCCC1. The molecule has 26 heavy (non-hydrogen) atoms. The summed E-state index contributed by atoms with van der Waals surface area (Å²) < 4.78 is 0. The van der Waals surface area contributed by atoms with Gasteiger partial charge in [0.25, 0.3) is 0 Å². The Morgan fingerprint density at radius 3 is 2.62 bits per heavy atom. The molecule has 1 aromatic rings. The molecule has 0 aromatic carbocycles. The van der Waals surface area contributed by atoms with Crippen molar-refractivity contribution in [3.05, 3.63) is 30.1 Å². The second-order valence-electron chi connectivity index (χ2n) is 7.39. The van der Waals surface area contributed by atoms with Crippen LogP contribution < -0.4 is 11.1 Å². The maximum atomic E-state index is 12.8. The lowest BCUT2D eigenvalue weighted by atomic mass is 9.88. The van der Waals surface area contributed by atoms with E-state index < -0.39 is 17.4 Å². The van der Waals surface area contributed by atoms with Gasteiger partial charge in [-0.25, -0.2) is 0 Å². The summed E-state index contributed by atoms with van der Waals surface area (Å²) in [6.07, 6.45) is 8.57. The molecular weight excluding hydrogens is 332 g/mol. The zero-order chi connectivity index (χ0) is 18.6. The quantitative estimate of drug-likeness (QED) is 0.770. The second kappa shape index (κ2) is 7.85. The fraction of sp³-hybridized carbons (Fsp3) is 0.579. The number of rotatable bonds is 5. The summed E-state index contributed by atoms with van der Waals surface area (Å²) >= 11 is 0. The topological polar surface area (TPSA) is 105 Å². The average molecular weight is 358 g/mol. The van der Waals surface area contributed by atoms with E-state index in [1.165, 1.54) is 0 Å². The van der Waals surface area contributed by atoms with Crippen LogP contribution in [0, 0.1) is 5.92 Å². The van der Waals surface area contributed by atoms with Crippen molar-refractivity contribution < 1.29 is 14.4 Å². The monoisotopic (exact) mass is 358 g/mol. The number of nitrogens with zero attached hydrogens (tertiary/aromatic N) is 2. The van der Waals surface area contributed by atoms with E-state index in [2.05, 4.69) is 10.3 Å². The van der Waals surface area contributed by atoms with Crippen LogP contribution in [0.4, 0.5) is 0 Å². The van der Waals surface area contributed by atoms with E-state index in [0.717, 1.165) is 31.2 Å². The third-order valence-electron chi connectivity index (χ3n) is 5.47. The Hall–Kier alpha value is -2.44. The number of likely N-dealkylation sites (tertiary alicyclic amines) is 1. The van der Waals surface area contributed by atoms with Crippen molar-refractivity contribution in [2.24, 2.45) is 11.7 Å². The van der Waals surface area contributed by atoms with Crippen LogP contribution >= 0.6 is 0 Å². The zero-order valence-corrected chi connectivity index (χ0v) is 14.9. The molecule has 3 rings (SSSR count). The Kier molecular flexibility index (Phi) is 5.54. The minimum atomic E-state index is -0.965. The molecule has 0 spiro atoms. The largest absolute Gasteiger partial charge is 0.368 e. The van der Waals surface area contributed by atoms with Crippen LogP contribution in [0.5, 0.6) is 0 Å². The first-order valence-electron chi connectivity index (χ1n) is 9.29. The third kappa shape index (κ3) is 4.03. The van der Waals surface area contributed by atoms with Crippen LogP contribution in [0.25, 0.3) is 0 Å². The molecule has 1 aromatic heterocycles. The van der Waals surface area contributed by atoms with Crippen molar-refractivity contribution in [3.8, 4) is 0 Å². The van der Waals surface area contributed by atoms with Crippen molar-refractivity contribution in [1.29, 1.82) is 0 Å². The molecule has 1 atom stereocenters. The molecule has 2 fully saturated rings. The van der Waals surface area contributed by atoms with Crippen molar-refractivity contribution in [3.63, 3.8) is 0 Å². The number of pyridine rings is 1. The maximum absolute atomic E-state index is 12.8. The summed E-state index contributed by atoms with van der Waals surface area (Å²) in [6, 6.07) is 3.73. The van der Waals surface area contributed by atoms with Crippen LogP contribution in [-0.2, 0) is 20.9 Å². The van der Waals surface area contributed by atoms with E-state index in [-0.39, 0.29) is 18.2 Å². The summed E-state index contributed by atoms with van der Waals surface area (Å²) in [5.41, 5.74) is 5.60. The molecular formula is C19H26N4O3. The number of carbonyl (C=O) groups excluding carboxylic acids is 3. The number of carbonyl (C=O) groups is 3. The first kappa shape index (κ1) is 18.4. The maximum Gasteiger partial charge on any atom is 0.243 e. The number of primary amides is 1. The van der Waals surface area contributed by atoms with E-state index in [0.29, 0.717) is 25.9 Å². The highest BCUT2D eigenvalue weighted by molar-refractivity contribution is 5.94. The lowest BCUT2D eigenvalue weighted by molar-refractivity contribution is -0.134. The summed E-state index contributed by atoms with van der Waals surface area (Å²) in [5.74, 6) is -1.21. The molecule has 2 heterocycles. The fourth-order valence-corrected chi connectivity index (χ4v) is 3.92. The predicted molar refractivity (Wildman–Crippen MR) is 95.5 cm³/mol. The van der Waals surface area contributed by atoms with E-state index in [1.54, 1.807) is 17.3 Å². The van der Waals surface area contributed by atoms with Crippen LogP contribution in [0.3, 0.4) is 0 Å². The van der Waals surface area contributed by atoms with Crippen molar-refractivity contribution >= 4 is 17.7 Å². The number of amides is 3. The first-order valence-corrected chi connectivity index (χ1v) is 9.29. The third-order valence-corrected chi connectivity index (χ3v) is 5.47. The Morgan fingerprint density at radius 2 is 2.00 bits per heavy atom. The van der Waals surface area contributed by atoms with Crippen molar-refractivity contribution in [2.45, 2.75) is 57.0 Å². The minimum Gasteiger partial charge on any atom is -0.368 e. The fourth-order valence-electron chi connectivity index (χ4n) is 3.92. The van der Waals surface area contributed by atoms with Gasteiger partial charge in [-0.05, 0) is 24.5 Å². The summed E-state index contributed by atoms with van der Waals surface area (Å²) in [4.78, 5) is 42.9. The Bertz CT molecular complexity index is 669. The Labute approximate surface area is 153 Å². The Morgan fingerprint density at radius 1 is 1.27 bits per heavy atom. The first-order chi connectivity index (χ1) is 12.5. The number of aromatic nitrogens is 1. The van der Waals surface area contributed by atoms with Gasteiger partial charge in [0.15, 0.2) is 0 Å². The normalized spacial score (nSPS) is 22.7. The van der Waals surface area contributed by atoms with Crippen molar-refractivity contribution in [2.75, 3.05) is 6.54 Å². The summed E-state index contributed by atoms with van der Waals surface area (Å²) in [5, 5.41) is 2.91. The molecule has 1 aliphatic carbocycles. The molecule has 0 unspecified atom stereocenters. The second-order valence-corrected chi connectivity index (χ2v) is 7.39. The Balaban J connectivity index is 1.64. The number of hydrogen-bond donors (Lipinski definition) is 2. The molecule has 0 radical (unpaired) electrons. The molecule has 3 amide bonds. The van der Waals surface area contributed by atoms with E-state index in [1.807, 2.05) is 12.1 Å². The van der Waals surface area contributed by atoms with E-state index in [4.69, 9.17) is 5.73 Å². The number of nitrogens with one attached hydrogen (secondary N) is 1. The van der Waals surface area contributed by atoms with Crippen LogP contribution in [0.2, 0.25) is 0 Å². The highest BCUT2D eigenvalue weighted by atomic mass is 16.2. The van der Waals surface area contributed by atoms with Gasteiger partial charge < -0.3 is 16.0 Å². The van der Waals surface area contributed by atoms with Gasteiger partial charge in [-0.3, -0.25) is 19.4 Å². The van der Waals surface area contributed by atoms with E-state index in [9.17, 15) is 14.4 Å². The lowest BCUT2D eigenvalue weighted by Crippen LogP contribution is -2.58. The molecule has 3 N–H and O–H groups in total. The molecule has 1 saturated heterocycles. The summed E-state index contributed by atoms with van der Waals surface area (Å²) in [7, 11) is 0. The van der Waals surface area contributed by atoms with Crippen LogP contribution in [-0.4, -0.2) is 39.7 Å². The van der Waals surface area contributed by atoms with Gasteiger partial charge in [-0.1, -0.05) is 31.7 Å². The molecule has 0 bridgehead atoms. The van der Waals surface area contributed by atoms with Gasteiger partial charge in [0, 0.05) is 31.9 Å². The van der Waals surface area contributed by atoms with Crippen LogP contribution in [0.1, 0.15) is 50.5 Å². The van der Waals surface area contributed by atoms with Gasteiger partial charge in [0.2, 0.25) is 17.7 Å². The van der Waals surface area contributed by atoms with Gasteiger partial charge in [0.1, 0.15) is 5.54 Å². The minimum absolute atomic E-state index is 0.0528. The summed E-state index contributed by atoms with van der Waals surface area (Å²) in [6.45, 7) is 0.797. The standard InChI is InChI=1S/C19H26N4O3/c20-18(26)19(7-3-1-2-4-8-19)22-17(25)15-10-16(24)23(13-15)12-14-6-5-9-21-11-14/h5-6,9,11,15H,1-4,7-8,10,12-13H2,(H2,20,26)(H,22,25)/t15-/m0/s1. The molecule has 7 heteroatoms. The zero-order valence-electron chi connectivity index (χ0n) is 14.9. The van der Waals surface area contributed by atoms with Gasteiger partial charge in [-0.2, -0.15) is 0 Å². The molecule has 2 aliphatic rings. The molecule has 1 saturated carbocycles. The van der Waals surface area contributed by atoms with Crippen LogP contribution in [0.15, 0.2) is 24.5 Å². The van der Waals surface area contributed by atoms with Gasteiger partial charge >= 0.3 is 0 Å². The lowest BCUT2D eigenvalue weighted by Gasteiger charge is -2.31. The van der Waals surface area contributed by atoms with Gasteiger partial charge in [-0.15, -0.1) is 0 Å². The smallest absolute Gasteiger partial charge is 0.243 e. The average Bonchev–Trinajstić information content (AvgIpc) is 2.83.